The van der Waals surface area contributed by atoms with E-state index in [2.05, 4.69) is 31.4 Å². The van der Waals surface area contributed by atoms with Crippen molar-refractivity contribution in [3.05, 3.63) is 59.7 Å². The molecule has 0 saturated heterocycles. The number of carbonyl (C=O) groups excluding carboxylic acids is 2. The van der Waals surface area contributed by atoms with Gasteiger partial charge in [0.25, 0.3) is 11.8 Å². The fourth-order valence-electron chi connectivity index (χ4n) is 2.69. The number of phenolic OH excluding ortho intramolecular Hbond substituents is 1. The fourth-order valence-corrected chi connectivity index (χ4v) is 2.69. The van der Waals surface area contributed by atoms with Crippen molar-refractivity contribution < 1.29 is 19.4 Å². The third-order valence-corrected chi connectivity index (χ3v) is 4.45. The molecule has 0 aliphatic heterocycles. The molecule has 2 amide bonds. The molecular weight excluding hydrogens is 368 g/mol. The molecule has 156 valence electrons. The van der Waals surface area contributed by atoms with Crippen LogP contribution in [0.1, 0.15) is 50.0 Å². The van der Waals surface area contributed by atoms with Gasteiger partial charge in [0.1, 0.15) is 11.5 Å². The average molecular weight is 399 g/mol. The van der Waals surface area contributed by atoms with Gasteiger partial charge in [0, 0.05) is 18.7 Å². The fraction of sp³-hybridized carbons (Fsp3) is 0.391. The second kappa shape index (κ2) is 9.96. The number of phenols is 1. The molecule has 0 fully saturated rings. The van der Waals surface area contributed by atoms with E-state index < -0.39 is 6.10 Å². The van der Waals surface area contributed by atoms with E-state index in [-0.39, 0.29) is 23.0 Å². The van der Waals surface area contributed by atoms with Gasteiger partial charge in [-0.3, -0.25) is 9.59 Å². The maximum atomic E-state index is 12.2. The molecule has 2 aromatic rings. The normalized spacial score (nSPS) is 12.1. The lowest BCUT2D eigenvalue weighted by Crippen LogP contribution is -2.38. The van der Waals surface area contributed by atoms with Crippen LogP contribution in [-0.2, 0) is 10.2 Å². The summed E-state index contributed by atoms with van der Waals surface area (Å²) in [6.07, 6.45) is -0.0269. The van der Waals surface area contributed by atoms with E-state index in [1.54, 1.807) is 19.1 Å². The van der Waals surface area contributed by atoms with Gasteiger partial charge in [0.2, 0.25) is 0 Å². The summed E-state index contributed by atoms with van der Waals surface area (Å²) in [7, 11) is 0. The number of carbonyl (C=O) groups is 2. The second-order valence-corrected chi connectivity index (χ2v) is 7.99. The minimum Gasteiger partial charge on any atom is -0.508 e. The van der Waals surface area contributed by atoms with Crippen molar-refractivity contribution in [2.45, 2.75) is 45.6 Å². The van der Waals surface area contributed by atoms with Gasteiger partial charge in [-0.15, -0.1) is 0 Å². The summed E-state index contributed by atoms with van der Waals surface area (Å²) >= 11 is 0. The number of rotatable bonds is 8. The van der Waals surface area contributed by atoms with Gasteiger partial charge in [0.05, 0.1) is 0 Å². The minimum absolute atomic E-state index is 0.0481. The van der Waals surface area contributed by atoms with Crippen LogP contribution in [0.25, 0.3) is 0 Å². The van der Waals surface area contributed by atoms with Crippen molar-refractivity contribution in [2.75, 3.05) is 13.1 Å². The Labute approximate surface area is 172 Å². The third kappa shape index (κ3) is 7.14. The van der Waals surface area contributed by atoms with Crippen LogP contribution in [-0.4, -0.2) is 36.1 Å². The first-order valence-corrected chi connectivity index (χ1v) is 9.79. The van der Waals surface area contributed by atoms with E-state index >= 15 is 0 Å². The van der Waals surface area contributed by atoms with Crippen LogP contribution >= 0.6 is 0 Å². The zero-order valence-corrected chi connectivity index (χ0v) is 17.5. The Bertz CT molecular complexity index is 826. The van der Waals surface area contributed by atoms with Crippen LogP contribution < -0.4 is 15.4 Å². The first kappa shape index (κ1) is 22.3. The zero-order chi connectivity index (χ0) is 21.4. The van der Waals surface area contributed by atoms with E-state index in [0.29, 0.717) is 30.8 Å². The molecule has 0 bridgehead atoms. The minimum atomic E-state index is -0.614. The summed E-state index contributed by atoms with van der Waals surface area (Å²) in [6.45, 7) is 8.98. The number of benzene rings is 2. The highest BCUT2D eigenvalue weighted by atomic mass is 16.5. The van der Waals surface area contributed by atoms with Crippen LogP contribution in [0.4, 0.5) is 0 Å². The van der Waals surface area contributed by atoms with Crippen molar-refractivity contribution in [1.82, 2.24) is 10.6 Å². The van der Waals surface area contributed by atoms with Gasteiger partial charge in [-0.05, 0) is 54.7 Å². The van der Waals surface area contributed by atoms with E-state index in [4.69, 9.17) is 4.74 Å². The van der Waals surface area contributed by atoms with Crippen LogP contribution in [0.5, 0.6) is 11.5 Å². The molecule has 3 N–H and O–H groups in total. The Morgan fingerprint density at radius 2 is 1.69 bits per heavy atom. The van der Waals surface area contributed by atoms with Gasteiger partial charge in [-0.25, -0.2) is 0 Å². The number of amides is 2. The lowest BCUT2D eigenvalue weighted by atomic mass is 9.87. The molecule has 0 saturated carbocycles. The Morgan fingerprint density at radius 3 is 2.31 bits per heavy atom. The van der Waals surface area contributed by atoms with Crippen molar-refractivity contribution in [3.63, 3.8) is 0 Å². The molecule has 0 radical (unpaired) electrons. The predicted octanol–water partition coefficient (Wildman–Crippen LogP) is 3.39. The first-order chi connectivity index (χ1) is 13.7. The maximum absolute atomic E-state index is 12.2. The van der Waals surface area contributed by atoms with Crippen molar-refractivity contribution in [2.24, 2.45) is 0 Å². The van der Waals surface area contributed by atoms with E-state index in [1.165, 1.54) is 17.7 Å². The van der Waals surface area contributed by atoms with Crippen molar-refractivity contribution in [1.29, 1.82) is 0 Å². The Morgan fingerprint density at radius 1 is 1.03 bits per heavy atom. The van der Waals surface area contributed by atoms with Crippen LogP contribution in [0.2, 0.25) is 0 Å². The quantitative estimate of drug-likeness (QED) is 0.595. The summed E-state index contributed by atoms with van der Waals surface area (Å²) in [4.78, 5) is 24.1. The number of hydrogen-bond acceptors (Lipinski definition) is 4. The van der Waals surface area contributed by atoms with E-state index in [1.807, 2.05) is 24.3 Å². The highest BCUT2D eigenvalue weighted by Gasteiger charge is 2.16. The first-order valence-electron chi connectivity index (χ1n) is 9.79. The highest BCUT2D eigenvalue weighted by Crippen LogP contribution is 2.24. The molecular formula is C23H30N2O4. The Balaban J connectivity index is 1.69. The summed E-state index contributed by atoms with van der Waals surface area (Å²) < 4.78 is 5.70. The molecule has 0 aromatic heterocycles. The second-order valence-electron chi connectivity index (χ2n) is 7.99. The third-order valence-electron chi connectivity index (χ3n) is 4.45. The highest BCUT2D eigenvalue weighted by molar-refractivity contribution is 5.94. The molecule has 0 aliphatic rings. The Hall–Kier alpha value is -3.02. The summed E-state index contributed by atoms with van der Waals surface area (Å²) in [5, 5.41) is 15.0. The van der Waals surface area contributed by atoms with Crippen LogP contribution in [0.3, 0.4) is 0 Å². The predicted molar refractivity (Wildman–Crippen MR) is 113 cm³/mol. The molecule has 0 heterocycles. The van der Waals surface area contributed by atoms with E-state index in [0.717, 1.165) is 0 Å². The number of hydrogen-bond donors (Lipinski definition) is 3. The van der Waals surface area contributed by atoms with Gasteiger partial charge in [-0.2, -0.15) is 0 Å². The van der Waals surface area contributed by atoms with Crippen LogP contribution in [0.15, 0.2) is 48.5 Å². The molecule has 0 aliphatic carbocycles. The van der Waals surface area contributed by atoms with Gasteiger partial charge >= 0.3 is 0 Å². The van der Waals surface area contributed by atoms with Crippen molar-refractivity contribution in [3.8, 4) is 11.5 Å². The summed E-state index contributed by atoms with van der Waals surface area (Å²) in [5.41, 5.74) is 1.67. The summed E-state index contributed by atoms with van der Waals surface area (Å²) in [5.74, 6) is 0.234. The van der Waals surface area contributed by atoms with Crippen molar-refractivity contribution >= 4 is 11.8 Å². The van der Waals surface area contributed by atoms with Gasteiger partial charge in [-0.1, -0.05) is 39.0 Å². The van der Waals surface area contributed by atoms with E-state index in [9.17, 15) is 14.7 Å². The molecule has 1 unspecified atom stereocenters. The van der Waals surface area contributed by atoms with Gasteiger partial charge in [0.15, 0.2) is 6.10 Å². The summed E-state index contributed by atoms with van der Waals surface area (Å²) in [6, 6.07) is 13.9. The largest absolute Gasteiger partial charge is 0.508 e. The topological polar surface area (TPSA) is 87.7 Å². The SMILES string of the molecule is CC(Oc1ccc(C(C)(C)C)cc1)C(=O)NCCCNC(=O)c1cccc(O)c1. The number of nitrogens with one attached hydrogen (secondary N) is 2. The standard InChI is InChI=1S/C23H30N2O4/c1-16(29-20-11-9-18(10-12-20)23(2,3)4)21(27)24-13-6-14-25-22(28)17-7-5-8-19(26)15-17/h5,7-12,15-16,26H,6,13-14H2,1-4H3,(H,24,27)(H,25,28). The average Bonchev–Trinajstić information content (AvgIpc) is 2.67. The molecule has 6 heteroatoms. The number of ether oxygens (including phenoxy) is 1. The monoisotopic (exact) mass is 398 g/mol. The molecule has 0 spiro atoms. The number of aromatic hydroxyl groups is 1. The zero-order valence-electron chi connectivity index (χ0n) is 17.5. The van der Waals surface area contributed by atoms with Gasteiger partial charge < -0.3 is 20.5 Å². The Kier molecular flexibility index (Phi) is 7.65. The lowest BCUT2D eigenvalue weighted by molar-refractivity contribution is -0.127. The molecule has 2 rings (SSSR count). The molecule has 29 heavy (non-hydrogen) atoms. The smallest absolute Gasteiger partial charge is 0.260 e. The van der Waals surface area contributed by atoms with Crippen LogP contribution in [0, 0.1) is 0 Å². The maximum Gasteiger partial charge on any atom is 0.260 e. The lowest BCUT2D eigenvalue weighted by Gasteiger charge is -2.20. The molecule has 6 nitrogen and oxygen atoms in total. The molecule has 2 aromatic carbocycles. The molecule has 1 atom stereocenters.